The summed E-state index contributed by atoms with van der Waals surface area (Å²) in [4.78, 5) is 24.2. The van der Waals surface area contributed by atoms with Crippen LogP contribution in [0.4, 0.5) is 0 Å². The third-order valence-electron chi connectivity index (χ3n) is 1.88. The summed E-state index contributed by atoms with van der Waals surface area (Å²) in [5.41, 5.74) is 0. The van der Waals surface area contributed by atoms with Gasteiger partial charge in [-0.05, 0) is 18.2 Å². The lowest BCUT2D eigenvalue weighted by atomic mass is 10.2. The van der Waals surface area contributed by atoms with Crippen LogP contribution in [0.3, 0.4) is 0 Å². The van der Waals surface area contributed by atoms with Crippen LogP contribution < -0.4 is 0 Å². The van der Waals surface area contributed by atoms with E-state index in [1.165, 1.54) is 12.8 Å². The normalized spacial score (nSPS) is 14.0. The van der Waals surface area contributed by atoms with Crippen LogP contribution in [0.5, 0.6) is 0 Å². The fourth-order valence-electron chi connectivity index (χ4n) is 1.02. The van der Waals surface area contributed by atoms with Gasteiger partial charge >= 0.3 is 12.7 Å². The molecule has 0 rings (SSSR count). The van der Waals surface area contributed by atoms with Crippen LogP contribution in [-0.2, 0) is 30.7 Å². The van der Waals surface area contributed by atoms with E-state index in [4.69, 9.17) is 4.52 Å². The topological polar surface area (TPSA) is 65.0 Å². The van der Waals surface area contributed by atoms with E-state index in [0.29, 0.717) is 6.61 Å². The molecule has 7 heteroatoms. The standard InChI is InChI=1S/C10H19O5PS/c1-3-5-6-7-8-9-13-16(12,17)15-14-10(11)4-2/h4H,2-3,5-9H2,1H3,(H,12,17). The zero-order valence-electron chi connectivity index (χ0n) is 9.96. The molecule has 0 aliphatic rings. The molecule has 0 saturated heterocycles. The van der Waals surface area contributed by atoms with Crippen molar-refractivity contribution in [3.05, 3.63) is 12.7 Å². The largest absolute Gasteiger partial charge is 0.365 e. The summed E-state index contributed by atoms with van der Waals surface area (Å²) in [6, 6.07) is 0. The van der Waals surface area contributed by atoms with E-state index in [1.807, 2.05) is 0 Å². The summed E-state index contributed by atoms with van der Waals surface area (Å²) in [5.74, 6) is -0.820. The second-order valence-corrected chi connectivity index (χ2v) is 6.13. The Kier molecular flexibility index (Phi) is 9.59. The average molecular weight is 282 g/mol. The lowest BCUT2D eigenvalue weighted by Gasteiger charge is -2.12. The molecule has 0 aromatic carbocycles. The summed E-state index contributed by atoms with van der Waals surface area (Å²) >= 11 is 4.62. The molecule has 0 heterocycles. The predicted octanol–water partition coefficient (Wildman–Crippen LogP) is 2.85. The molecular formula is C10H19O5PS. The molecule has 0 saturated carbocycles. The molecule has 0 aliphatic heterocycles. The van der Waals surface area contributed by atoms with Crippen LogP contribution in [0.15, 0.2) is 12.7 Å². The molecule has 17 heavy (non-hydrogen) atoms. The monoisotopic (exact) mass is 282 g/mol. The van der Waals surface area contributed by atoms with Crippen molar-refractivity contribution in [1.82, 2.24) is 0 Å². The molecule has 0 aromatic heterocycles. The van der Waals surface area contributed by atoms with Crippen LogP contribution in [0.1, 0.15) is 39.0 Å². The lowest BCUT2D eigenvalue weighted by molar-refractivity contribution is -0.212. The number of carbonyl (C=O) groups excluding carboxylic acids is 1. The summed E-state index contributed by atoms with van der Waals surface area (Å²) < 4.78 is 9.30. The summed E-state index contributed by atoms with van der Waals surface area (Å²) in [5, 5.41) is 0. The number of unbranched alkanes of at least 4 members (excludes halogenated alkanes) is 4. The van der Waals surface area contributed by atoms with Gasteiger partial charge in [0.25, 0.3) is 0 Å². The zero-order valence-corrected chi connectivity index (χ0v) is 11.7. The predicted molar refractivity (Wildman–Crippen MR) is 68.6 cm³/mol. The van der Waals surface area contributed by atoms with Gasteiger partial charge in [-0.15, -0.1) is 0 Å². The Morgan fingerprint density at radius 1 is 1.41 bits per heavy atom. The highest BCUT2D eigenvalue weighted by molar-refractivity contribution is 8.07. The quantitative estimate of drug-likeness (QED) is 0.218. The third kappa shape index (κ3) is 10.6. The van der Waals surface area contributed by atoms with Gasteiger partial charge in [-0.1, -0.05) is 43.9 Å². The maximum Gasteiger partial charge on any atom is 0.365 e. The first-order valence-electron chi connectivity index (χ1n) is 5.52. The number of hydrogen-bond acceptors (Lipinski definition) is 5. The summed E-state index contributed by atoms with van der Waals surface area (Å²) in [7, 11) is 0. The van der Waals surface area contributed by atoms with Gasteiger partial charge in [0, 0.05) is 6.08 Å². The van der Waals surface area contributed by atoms with E-state index < -0.39 is 12.7 Å². The Balaban J connectivity index is 3.60. The Morgan fingerprint density at radius 2 is 2.06 bits per heavy atom. The van der Waals surface area contributed by atoms with Crippen LogP contribution >= 0.6 is 6.72 Å². The van der Waals surface area contributed by atoms with Gasteiger partial charge < -0.3 is 9.42 Å². The Bertz CT molecular complexity index is 282. The molecule has 1 N–H and O–H groups in total. The maximum absolute atomic E-state index is 10.6. The molecular weight excluding hydrogens is 263 g/mol. The SMILES string of the molecule is C=CC(=O)OOP(O)(=S)OCCCCCCC. The van der Waals surface area contributed by atoms with Crippen molar-refractivity contribution in [2.45, 2.75) is 39.0 Å². The minimum atomic E-state index is -3.47. The van der Waals surface area contributed by atoms with Gasteiger partial charge in [-0.2, -0.15) is 0 Å². The molecule has 0 aromatic rings. The third-order valence-corrected chi connectivity index (χ3v) is 3.15. The van der Waals surface area contributed by atoms with Gasteiger partial charge in [0.15, 0.2) is 0 Å². The van der Waals surface area contributed by atoms with E-state index in [2.05, 4.69) is 34.9 Å². The summed E-state index contributed by atoms with van der Waals surface area (Å²) in [6.07, 6.45) is 6.17. The molecule has 100 valence electrons. The highest BCUT2D eigenvalue weighted by Gasteiger charge is 2.18. The number of rotatable bonds is 10. The van der Waals surface area contributed by atoms with Crippen LogP contribution in [0, 0.1) is 0 Å². The Labute approximate surface area is 107 Å². The minimum absolute atomic E-state index is 0.295. The van der Waals surface area contributed by atoms with Crippen molar-refractivity contribution in [3.63, 3.8) is 0 Å². The average Bonchev–Trinajstić information content (AvgIpc) is 2.30. The molecule has 1 unspecified atom stereocenters. The van der Waals surface area contributed by atoms with Crippen molar-refractivity contribution in [2.75, 3.05) is 6.61 Å². The van der Waals surface area contributed by atoms with Gasteiger partial charge in [-0.25, -0.2) is 4.79 Å². The second-order valence-electron chi connectivity index (χ2n) is 3.40. The van der Waals surface area contributed by atoms with Crippen molar-refractivity contribution in [3.8, 4) is 0 Å². The highest BCUT2D eigenvalue weighted by atomic mass is 32.5. The summed E-state index contributed by atoms with van der Waals surface area (Å²) in [6.45, 7) is 2.12. The van der Waals surface area contributed by atoms with E-state index in [9.17, 15) is 9.69 Å². The van der Waals surface area contributed by atoms with E-state index in [0.717, 1.165) is 25.3 Å². The second kappa shape index (κ2) is 9.74. The fourth-order valence-corrected chi connectivity index (χ4v) is 1.91. The first-order chi connectivity index (χ1) is 8.02. The highest BCUT2D eigenvalue weighted by Crippen LogP contribution is 2.44. The van der Waals surface area contributed by atoms with Gasteiger partial charge in [0.1, 0.15) is 0 Å². The van der Waals surface area contributed by atoms with E-state index >= 15 is 0 Å². The molecule has 0 bridgehead atoms. The van der Waals surface area contributed by atoms with Crippen molar-refractivity contribution >= 4 is 24.5 Å². The molecule has 0 fully saturated rings. The Hall–Kier alpha value is -0.260. The van der Waals surface area contributed by atoms with E-state index in [-0.39, 0.29) is 0 Å². The van der Waals surface area contributed by atoms with Crippen molar-refractivity contribution < 1.29 is 23.8 Å². The van der Waals surface area contributed by atoms with E-state index in [1.54, 1.807) is 0 Å². The van der Waals surface area contributed by atoms with Crippen LogP contribution in [0.25, 0.3) is 0 Å². The van der Waals surface area contributed by atoms with Gasteiger partial charge in [0.2, 0.25) is 0 Å². The van der Waals surface area contributed by atoms with Gasteiger partial charge in [-0.3, -0.25) is 4.89 Å². The molecule has 5 nitrogen and oxygen atoms in total. The molecule has 0 radical (unpaired) electrons. The smallest absolute Gasteiger partial charge is 0.322 e. The molecule has 0 aliphatic carbocycles. The van der Waals surface area contributed by atoms with Crippen molar-refractivity contribution in [1.29, 1.82) is 0 Å². The minimum Gasteiger partial charge on any atom is -0.322 e. The van der Waals surface area contributed by atoms with Crippen molar-refractivity contribution in [2.24, 2.45) is 0 Å². The van der Waals surface area contributed by atoms with Crippen LogP contribution in [-0.4, -0.2) is 17.5 Å². The first-order valence-corrected chi connectivity index (χ1v) is 8.11. The van der Waals surface area contributed by atoms with Gasteiger partial charge in [0.05, 0.1) is 6.61 Å². The molecule has 1 atom stereocenters. The maximum atomic E-state index is 10.6. The lowest BCUT2D eigenvalue weighted by Crippen LogP contribution is -2.02. The Morgan fingerprint density at radius 3 is 2.65 bits per heavy atom. The fraction of sp³-hybridized carbons (Fsp3) is 0.700. The molecule has 0 spiro atoms. The van der Waals surface area contributed by atoms with Crippen LogP contribution in [0.2, 0.25) is 0 Å². The number of hydrogen-bond donors (Lipinski definition) is 1. The zero-order chi connectivity index (χ0) is 13.1. The molecule has 0 amide bonds. The number of carbonyl (C=O) groups is 1. The first kappa shape index (κ1) is 16.7.